The number of hydrogen-bond donors (Lipinski definition) is 2. The summed E-state index contributed by atoms with van der Waals surface area (Å²) in [4.78, 5) is 12.2. The third-order valence-corrected chi connectivity index (χ3v) is 3.45. The standard InChI is InChI=1S/C14H20N2O2.ClH/c1-14(6-8-15-9-7-14)16-13(17)11-4-3-5-12(10-11)18-2;/h3-5,10,15H,6-9H2,1-2H3,(H,16,17);1H. The fraction of sp³-hybridized carbons (Fsp3) is 0.500. The Bertz CT molecular complexity index is 431. The summed E-state index contributed by atoms with van der Waals surface area (Å²) in [5, 5.41) is 6.43. The summed E-state index contributed by atoms with van der Waals surface area (Å²) in [6, 6.07) is 7.24. The Morgan fingerprint density at radius 2 is 2.05 bits per heavy atom. The van der Waals surface area contributed by atoms with E-state index >= 15 is 0 Å². The maximum atomic E-state index is 12.2. The van der Waals surface area contributed by atoms with Crippen LogP contribution < -0.4 is 15.4 Å². The first-order valence-electron chi connectivity index (χ1n) is 6.30. The van der Waals surface area contributed by atoms with Crippen LogP contribution in [-0.4, -0.2) is 31.6 Å². The molecule has 1 amide bonds. The molecule has 0 saturated carbocycles. The monoisotopic (exact) mass is 284 g/mol. The number of rotatable bonds is 3. The number of halogens is 1. The highest BCUT2D eigenvalue weighted by atomic mass is 35.5. The van der Waals surface area contributed by atoms with Gasteiger partial charge in [-0.05, 0) is 51.1 Å². The van der Waals surface area contributed by atoms with Crippen LogP contribution in [0.4, 0.5) is 0 Å². The minimum absolute atomic E-state index is 0. The lowest BCUT2D eigenvalue weighted by molar-refractivity contribution is 0.0887. The molecule has 5 heteroatoms. The van der Waals surface area contributed by atoms with Crippen molar-refractivity contribution in [2.45, 2.75) is 25.3 Å². The molecule has 1 saturated heterocycles. The van der Waals surface area contributed by atoms with Gasteiger partial charge in [-0.3, -0.25) is 4.79 Å². The Morgan fingerprint density at radius 3 is 2.68 bits per heavy atom. The number of nitrogens with one attached hydrogen (secondary N) is 2. The van der Waals surface area contributed by atoms with Gasteiger partial charge >= 0.3 is 0 Å². The summed E-state index contributed by atoms with van der Waals surface area (Å²) in [6.45, 7) is 4.01. The van der Waals surface area contributed by atoms with E-state index in [0.717, 1.165) is 25.9 Å². The quantitative estimate of drug-likeness (QED) is 0.892. The molecule has 0 spiro atoms. The average Bonchev–Trinajstić information content (AvgIpc) is 2.39. The second-order valence-electron chi connectivity index (χ2n) is 5.00. The van der Waals surface area contributed by atoms with E-state index in [2.05, 4.69) is 17.6 Å². The zero-order valence-corrected chi connectivity index (χ0v) is 12.2. The predicted molar refractivity (Wildman–Crippen MR) is 78.2 cm³/mol. The first-order chi connectivity index (χ1) is 8.63. The number of carbonyl (C=O) groups excluding carboxylic acids is 1. The normalized spacial score (nSPS) is 17.2. The summed E-state index contributed by atoms with van der Waals surface area (Å²) < 4.78 is 5.13. The topological polar surface area (TPSA) is 50.4 Å². The molecule has 1 fully saturated rings. The number of carbonyl (C=O) groups is 1. The van der Waals surface area contributed by atoms with Crippen molar-refractivity contribution in [1.82, 2.24) is 10.6 Å². The predicted octanol–water partition coefficient (Wildman–Crippen LogP) is 1.99. The van der Waals surface area contributed by atoms with Crippen molar-refractivity contribution in [3.8, 4) is 5.75 Å². The van der Waals surface area contributed by atoms with Gasteiger partial charge in [-0.15, -0.1) is 12.4 Å². The Kier molecular flexibility index (Phi) is 5.63. The zero-order chi connectivity index (χ0) is 13.0. The van der Waals surface area contributed by atoms with Crippen LogP contribution in [0.5, 0.6) is 5.75 Å². The summed E-state index contributed by atoms with van der Waals surface area (Å²) in [6.07, 6.45) is 1.92. The molecule has 106 valence electrons. The van der Waals surface area contributed by atoms with E-state index in [0.29, 0.717) is 11.3 Å². The molecule has 1 aromatic carbocycles. The van der Waals surface area contributed by atoms with Crippen molar-refractivity contribution < 1.29 is 9.53 Å². The van der Waals surface area contributed by atoms with Crippen molar-refractivity contribution >= 4 is 18.3 Å². The Balaban J connectivity index is 0.00000180. The van der Waals surface area contributed by atoms with Gasteiger partial charge in [0.2, 0.25) is 0 Å². The van der Waals surface area contributed by atoms with Crippen LogP contribution in [0.15, 0.2) is 24.3 Å². The summed E-state index contributed by atoms with van der Waals surface area (Å²) in [5.41, 5.74) is 0.542. The average molecular weight is 285 g/mol. The van der Waals surface area contributed by atoms with E-state index in [9.17, 15) is 4.79 Å². The Labute approximate surface area is 120 Å². The second-order valence-corrected chi connectivity index (χ2v) is 5.00. The van der Waals surface area contributed by atoms with Gasteiger partial charge in [0, 0.05) is 11.1 Å². The largest absolute Gasteiger partial charge is 0.497 e. The molecular formula is C14H21ClN2O2. The molecule has 19 heavy (non-hydrogen) atoms. The van der Waals surface area contributed by atoms with Crippen molar-refractivity contribution in [1.29, 1.82) is 0 Å². The van der Waals surface area contributed by atoms with E-state index in [1.165, 1.54) is 0 Å². The van der Waals surface area contributed by atoms with Gasteiger partial charge in [0.1, 0.15) is 5.75 Å². The smallest absolute Gasteiger partial charge is 0.251 e. The van der Waals surface area contributed by atoms with Gasteiger partial charge in [0.15, 0.2) is 0 Å². The molecule has 1 heterocycles. The molecule has 0 atom stereocenters. The van der Waals surface area contributed by atoms with Gasteiger partial charge in [-0.1, -0.05) is 6.07 Å². The first-order valence-corrected chi connectivity index (χ1v) is 6.30. The fourth-order valence-electron chi connectivity index (χ4n) is 2.21. The lowest BCUT2D eigenvalue weighted by Gasteiger charge is -2.35. The lowest BCUT2D eigenvalue weighted by atomic mass is 9.90. The van der Waals surface area contributed by atoms with Crippen LogP contribution in [-0.2, 0) is 0 Å². The molecule has 0 radical (unpaired) electrons. The molecule has 0 bridgehead atoms. The summed E-state index contributed by atoms with van der Waals surface area (Å²) >= 11 is 0. The van der Waals surface area contributed by atoms with Crippen molar-refractivity contribution in [2.75, 3.05) is 20.2 Å². The third kappa shape index (κ3) is 4.11. The van der Waals surface area contributed by atoms with Crippen molar-refractivity contribution in [3.63, 3.8) is 0 Å². The fourth-order valence-corrected chi connectivity index (χ4v) is 2.21. The van der Waals surface area contributed by atoms with Gasteiger partial charge in [-0.25, -0.2) is 0 Å². The molecule has 0 aliphatic carbocycles. The third-order valence-electron chi connectivity index (χ3n) is 3.45. The second kappa shape index (κ2) is 6.78. The van der Waals surface area contributed by atoms with Crippen molar-refractivity contribution in [3.05, 3.63) is 29.8 Å². The molecular weight excluding hydrogens is 264 g/mol. The van der Waals surface area contributed by atoms with E-state index < -0.39 is 0 Å². The van der Waals surface area contributed by atoms with Crippen LogP contribution in [0.2, 0.25) is 0 Å². The van der Waals surface area contributed by atoms with Gasteiger partial charge < -0.3 is 15.4 Å². The number of piperidine rings is 1. The molecule has 2 N–H and O–H groups in total. The minimum atomic E-state index is -0.106. The maximum absolute atomic E-state index is 12.2. The number of methoxy groups -OCH3 is 1. The molecule has 1 aromatic rings. The molecule has 1 aliphatic heterocycles. The van der Waals surface area contributed by atoms with E-state index in [1.807, 2.05) is 18.2 Å². The van der Waals surface area contributed by atoms with Crippen LogP contribution in [0.1, 0.15) is 30.1 Å². The number of benzene rings is 1. The van der Waals surface area contributed by atoms with Crippen LogP contribution >= 0.6 is 12.4 Å². The highest BCUT2D eigenvalue weighted by Gasteiger charge is 2.28. The maximum Gasteiger partial charge on any atom is 0.251 e. The molecule has 0 unspecified atom stereocenters. The zero-order valence-electron chi connectivity index (χ0n) is 11.4. The Morgan fingerprint density at radius 1 is 1.37 bits per heavy atom. The van der Waals surface area contributed by atoms with Crippen LogP contribution in [0, 0.1) is 0 Å². The van der Waals surface area contributed by atoms with Gasteiger partial charge in [0.25, 0.3) is 5.91 Å². The van der Waals surface area contributed by atoms with Crippen LogP contribution in [0.25, 0.3) is 0 Å². The molecule has 2 rings (SSSR count). The number of amides is 1. The van der Waals surface area contributed by atoms with Crippen LogP contribution in [0.3, 0.4) is 0 Å². The molecule has 1 aliphatic rings. The molecule has 0 aromatic heterocycles. The SMILES string of the molecule is COc1cccc(C(=O)NC2(C)CCNCC2)c1.Cl. The lowest BCUT2D eigenvalue weighted by Crippen LogP contribution is -2.52. The van der Waals surface area contributed by atoms with E-state index in [-0.39, 0.29) is 23.9 Å². The Hall–Kier alpha value is -1.26. The highest BCUT2D eigenvalue weighted by molar-refractivity contribution is 5.95. The molecule has 4 nitrogen and oxygen atoms in total. The number of hydrogen-bond acceptors (Lipinski definition) is 3. The number of ether oxygens (including phenoxy) is 1. The van der Waals surface area contributed by atoms with Crippen molar-refractivity contribution in [2.24, 2.45) is 0 Å². The van der Waals surface area contributed by atoms with Gasteiger partial charge in [-0.2, -0.15) is 0 Å². The first kappa shape index (κ1) is 15.8. The van der Waals surface area contributed by atoms with Gasteiger partial charge in [0.05, 0.1) is 7.11 Å². The van der Waals surface area contributed by atoms with E-state index in [1.54, 1.807) is 13.2 Å². The summed E-state index contributed by atoms with van der Waals surface area (Å²) in [7, 11) is 1.60. The van der Waals surface area contributed by atoms with E-state index in [4.69, 9.17) is 4.74 Å². The minimum Gasteiger partial charge on any atom is -0.497 e. The summed E-state index contributed by atoms with van der Waals surface area (Å²) in [5.74, 6) is 0.677. The highest BCUT2D eigenvalue weighted by Crippen LogP contribution is 2.19.